The average Bonchev–Trinajstić information content (AvgIpc) is 3.48. The van der Waals surface area contributed by atoms with Crippen molar-refractivity contribution in [3.8, 4) is 0 Å². The van der Waals surface area contributed by atoms with E-state index >= 15 is 0 Å². The van der Waals surface area contributed by atoms with Crippen LogP contribution in [0.3, 0.4) is 0 Å². The van der Waals surface area contributed by atoms with E-state index in [1.165, 1.54) is 69.1 Å². The Kier molecular flexibility index (Phi) is 26.3. The molecule has 0 aliphatic carbocycles. The summed E-state index contributed by atoms with van der Waals surface area (Å²) in [7, 11) is 0. The van der Waals surface area contributed by atoms with Crippen LogP contribution in [0.1, 0.15) is 110 Å². The lowest BCUT2D eigenvalue weighted by molar-refractivity contribution is -0.155. The number of imide groups is 1. The minimum atomic E-state index is -1.26. The first-order valence-corrected chi connectivity index (χ1v) is 19.5. The summed E-state index contributed by atoms with van der Waals surface area (Å²) in [5.41, 5.74) is 0. The molecular weight excluding hydrogens is 728 g/mol. The van der Waals surface area contributed by atoms with Gasteiger partial charge in [0.05, 0.1) is 6.54 Å². The third-order valence-electron chi connectivity index (χ3n) is 8.87. The highest BCUT2D eigenvalue weighted by Crippen LogP contribution is 2.18. The molecule has 16 nitrogen and oxygen atoms in total. The zero-order chi connectivity index (χ0) is 41.6. The molecule has 3 heterocycles. The number of carboxylic acid groups (broad SMARTS) is 4. The van der Waals surface area contributed by atoms with Crippen molar-refractivity contribution in [3.05, 3.63) is 48.7 Å². The van der Waals surface area contributed by atoms with E-state index in [1.54, 1.807) is 6.20 Å². The standard InChI is InChI=1S/C32H52N4O4.2C4H4O4/c1-2-3-4-5-6-7-8-9-10-11-12-13-14-18-32(39)40-28(27-36-30(37)19-20-31(36)38)26-34-22-24-35(25-23-34)29-17-15-16-21-33-29;2*5-3(6)1-2-4(7)8/h15-17,21,28H,2-14,18-20,22-27H2,1H3;2*1-2H,(H,5,6)(H,7,8)/b;2*2-1-. The number of anilines is 1. The summed E-state index contributed by atoms with van der Waals surface area (Å²) in [5.74, 6) is -4.61. The quantitative estimate of drug-likeness (QED) is 0.0458. The van der Waals surface area contributed by atoms with E-state index in [9.17, 15) is 33.6 Å². The van der Waals surface area contributed by atoms with Crippen molar-refractivity contribution in [2.45, 2.75) is 116 Å². The van der Waals surface area contributed by atoms with Crippen LogP contribution in [-0.4, -0.2) is 122 Å². The van der Waals surface area contributed by atoms with Gasteiger partial charge in [-0.3, -0.25) is 24.2 Å². The predicted molar refractivity (Wildman–Crippen MR) is 208 cm³/mol. The average molecular weight is 789 g/mol. The van der Waals surface area contributed by atoms with Gasteiger partial charge in [0.25, 0.3) is 0 Å². The number of hydrogen-bond donors (Lipinski definition) is 4. The number of unbranched alkanes of at least 4 members (excludes halogenated alkanes) is 12. The Hall–Kier alpha value is -5.12. The maximum Gasteiger partial charge on any atom is 0.328 e. The highest BCUT2D eigenvalue weighted by molar-refractivity contribution is 6.02. The Balaban J connectivity index is 0.000000817. The minimum absolute atomic E-state index is 0.155. The lowest BCUT2D eigenvalue weighted by Crippen LogP contribution is -2.51. The number of likely N-dealkylation sites (tertiary alicyclic amines) is 1. The molecule has 56 heavy (non-hydrogen) atoms. The van der Waals surface area contributed by atoms with Crippen molar-refractivity contribution in [1.29, 1.82) is 0 Å². The van der Waals surface area contributed by atoms with Gasteiger partial charge in [-0.15, -0.1) is 0 Å². The van der Waals surface area contributed by atoms with Crippen molar-refractivity contribution >= 4 is 47.5 Å². The van der Waals surface area contributed by atoms with Gasteiger partial charge in [-0.1, -0.05) is 90.0 Å². The number of rotatable bonds is 24. The number of ether oxygens (including phenoxy) is 1. The van der Waals surface area contributed by atoms with Crippen LogP contribution in [0.15, 0.2) is 48.7 Å². The second kappa shape index (κ2) is 30.1. The molecule has 2 fully saturated rings. The number of carbonyl (C=O) groups excluding carboxylic acids is 3. The molecule has 1 aromatic rings. The highest BCUT2D eigenvalue weighted by Gasteiger charge is 2.33. The number of carbonyl (C=O) groups is 7. The summed E-state index contributed by atoms with van der Waals surface area (Å²) >= 11 is 0. The Morgan fingerprint density at radius 2 is 1.11 bits per heavy atom. The van der Waals surface area contributed by atoms with E-state index in [2.05, 4.69) is 21.7 Å². The zero-order valence-corrected chi connectivity index (χ0v) is 32.6. The maximum absolute atomic E-state index is 12.7. The van der Waals surface area contributed by atoms with E-state index in [0.29, 0.717) is 37.3 Å². The molecule has 1 atom stereocenters. The van der Waals surface area contributed by atoms with Crippen molar-refractivity contribution in [2.75, 3.05) is 44.2 Å². The fourth-order valence-electron chi connectivity index (χ4n) is 5.97. The second-order valence-corrected chi connectivity index (χ2v) is 13.5. The molecule has 0 bridgehead atoms. The summed E-state index contributed by atoms with van der Waals surface area (Å²) in [6.07, 6.45) is 20.8. The summed E-state index contributed by atoms with van der Waals surface area (Å²) in [6, 6.07) is 5.92. The first-order chi connectivity index (χ1) is 26.8. The Labute approximate surface area is 329 Å². The largest absolute Gasteiger partial charge is 0.478 e. The molecule has 2 aliphatic rings. The van der Waals surface area contributed by atoms with Crippen molar-refractivity contribution in [3.63, 3.8) is 0 Å². The van der Waals surface area contributed by atoms with E-state index in [4.69, 9.17) is 25.2 Å². The number of amides is 2. The third-order valence-corrected chi connectivity index (χ3v) is 8.87. The molecule has 0 radical (unpaired) electrons. The van der Waals surface area contributed by atoms with Crippen LogP contribution >= 0.6 is 0 Å². The number of carboxylic acids is 4. The molecule has 4 N–H and O–H groups in total. The number of hydrogen-bond acceptors (Lipinski definition) is 11. The molecule has 16 heteroatoms. The van der Waals surface area contributed by atoms with Crippen LogP contribution in [0.2, 0.25) is 0 Å². The van der Waals surface area contributed by atoms with Gasteiger partial charge in [0, 0.05) is 82.5 Å². The summed E-state index contributed by atoms with van der Waals surface area (Å²) < 4.78 is 5.88. The van der Waals surface area contributed by atoms with Crippen LogP contribution in [0.5, 0.6) is 0 Å². The number of aliphatic carboxylic acids is 4. The van der Waals surface area contributed by atoms with Crippen molar-refractivity contribution < 1.29 is 58.7 Å². The topological polar surface area (TPSA) is 232 Å². The second-order valence-electron chi connectivity index (χ2n) is 13.5. The molecule has 2 aliphatic heterocycles. The minimum Gasteiger partial charge on any atom is -0.478 e. The molecule has 1 unspecified atom stereocenters. The summed E-state index contributed by atoms with van der Waals surface area (Å²) in [6.45, 7) is 6.23. The first kappa shape index (κ1) is 48.9. The van der Waals surface area contributed by atoms with Gasteiger partial charge in [0.1, 0.15) is 11.9 Å². The van der Waals surface area contributed by atoms with Crippen LogP contribution < -0.4 is 4.90 Å². The number of pyridine rings is 1. The van der Waals surface area contributed by atoms with Crippen molar-refractivity contribution in [1.82, 2.24) is 14.8 Å². The fraction of sp³-hybridized carbons (Fsp3) is 0.600. The summed E-state index contributed by atoms with van der Waals surface area (Å²) in [4.78, 5) is 85.7. The molecule has 312 valence electrons. The van der Waals surface area contributed by atoms with Gasteiger partial charge in [0.15, 0.2) is 0 Å². The lowest BCUT2D eigenvalue weighted by Gasteiger charge is -2.37. The monoisotopic (exact) mass is 788 g/mol. The Morgan fingerprint density at radius 3 is 1.52 bits per heavy atom. The number of piperazine rings is 1. The number of esters is 1. The number of aromatic nitrogens is 1. The van der Waals surface area contributed by atoms with Gasteiger partial charge >= 0.3 is 29.8 Å². The first-order valence-electron chi connectivity index (χ1n) is 19.5. The summed E-state index contributed by atoms with van der Waals surface area (Å²) in [5, 5.41) is 31.2. The molecule has 0 saturated carbocycles. The highest BCUT2D eigenvalue weighted by atomic mass is 16.5. The number of nitrogens with zero attached hydrogens (tertiary/aromatic N) is 4. The zero-order valence-electron chi connectivity index (χ0n) is 32.6. The van der Waals surface area contributed by atoms with E-state index < -0.39 is 30.0 Å². The third kappa shape index (κ3) is 25.1. The predicted octanol–water partition coefficient (Wildman–Crippen LogP) is 5.17. The van der Waals surface area contributed by atoms with Gasteiger partial charge in [0.2, 0.25) is 11.8 Å². The molecule has 3 rings (SSSR count). The van der Waals surface area contributed by atoms with Crippen molar-refractivity contribution in [2.24, 2.45) is 0 Å². The van der Waals surface area contributed by atoms with Crippen LogP contribution in [-0.2, 0) is 38.3 Å². The normalized spacial score (nSPS) is 14.9. The SMILES string of the molecule is CCCCCCCCCCCCCCCC(=O)OC(CN1CCN(c2ccccn2)CC1)CN1C(=O)CCC1=O.O=C(O)/C=C\C(=O)O.O=C(O)/C=C\C(=O)O. The van der Waals surface area contributed by atoms with Gasteiger partial charge in [-0.25, -0.2) is 24.2 Å². The molecule has 0 spiro atoms. The molecule has 0 aromatic carbocycles. The van der Waals surface area contributed by atoms with E-state index in [0.717, 1.165) is 51.3 Å². The van der Waals surface area contributed by atoms with E-state index in [-0.39, 0.29) is 37.2 Å². The van der Waals surface area contributed by atoms with Gasteiger partial charge in [-0.05, 0) is 18.6 Å². The maximum atomic E-state index is 12.7. The van der Waals surface area contributed by atoms with Crippen LogP contribution in [0, 0.1) is 0 Å². The van der Waals surface area contributed by atoms with Gasteiger partial charge in [-0.2, -0.15) is 0 Å². The fourth-order valence-corrected chi connectivity index (χ4v) is 5.97. The Morgan fingerprint density at radius 1 is 0.661 bits per heavy atom. The molecule has 1 aromatic heterocycles. The van der Waals surface area contributed by atoms with E-state index in [1.807, 2.05) is 18.2 Å². The molecule has 2 amide bonds. The smallest absolute Gasteiger partial charge is 0.328 e. The van der Waals surface area contributed by atoms with Crippen LogP contribution in [0.4, 0.5) is 5.82 Å². The molecular formula is C40H60N4O12. The Bertz CT molecular complexity index is 1330. The van der Waals surface area contributed by atoms with Gasteiger partial charge < -0.3 is 30.1 Å². The van der Waals surface area contributed by atoms with Crippen LogP contribution in [0.25, 0.3) is 0 Å². The molecule has 2 saturated heterocycles. The lowest BCUT2D eigenvalue weighted by atomic mass is 10.0.